The fourth-order valence-corrected chi connectivity index (χ4v) is 3.91. The number of aryl methyl sites for hydroxylation is 1. The minimum absolute atomic E-state index is 0.0576. The molecule has 0 radical (unpaired) electrons. The lowest BCUT2D eigenvalue weighted by atomic mass is 10.1. The highest BCUT2D eigenvalue weighted by Crippen LogP contribution is 2.31. The summed E-state index contributed by atoms with van der Waals surface area (Å²) < 4.78 is 11.0. The third-order valence-electron chi connectivity index (χ3n) is 4.43. The molecule has 0 spiro atoms. The molecule has 2 aromatic carbocycles. The zero-order chi connectivity index (χ0) is 20.4. The maximum atomic E-state index is 12.6. The van der Waals surface area contributed by atoms with E-state index in [0.29, 0.717) is 41.8 Å². The Morgan fingerprint density at radius 3 is 2.62 bits per heavy atom. The number of non-ortho nitro benzene ring substituents is 1. The summed E-state index contributed by atoms with van der Waals surface area (Å²) in [5, 5.41) is 14.1. The third kappa shape index (κ3) is 4.19. The highest BCUT2D eigenvalue weighted by atomic mass is 32.1. The number of nitrogens with zero attached hydrogens (tertiary/aromatic N) is 2. The fourth-order valence-electron chi connectivity index (χ4n) is 2.92. The van der Waals surface area contributed by atoms with Crippen LogP contribution >= 0.6 is 11.3 Å². The molecule has 0 unspecified atom stereocenters. The van der Waals surface area contributed by atoms with Gasteiger partial charge < -0.3 is 9.47 Å². The monoisotopic (exact) mass is 411 g/mol. The molecule has 8 nitrogen and oxygen atoms in total. The van der Waals surface area contributed by atoms with Gasteiger partial charge in [0.15, 0.2) is 16.6 Å². The number of nitro groups is 1. The summed E-state index contributed by atoms with van der Waals surface area (Å²) in [4.78, 5) is 28.3. The summed E-state index contributed by atoms with van der Waals surface area (Å²) >= 11 is 1.38. The lowest BCUT2D eigenvalue weighted by Crippen LogP contribution is -2.17. The molecule has 2 heterocycles. The van der Waals surface area contributed by atoms with E-state index in [2.05, 4.69) is 10.3 Å². The highest BCUT2D eigenvalue weighted by molar-refractivity contribution is 7.15. The number of nitro benzene ring substituents is 1. The molecule has 4 rings (SSSR count). The van der Waals surface area contributed by atoms with E-state index in [9.17, 15) is 14.9 Å². The van der Waals surface area contributed by atoms with Gasteiger partial charge >= 0.3 is 0 Å². The van der Waals surface area contributed by atoms with Gasteiger partial charge in [0, 0.05) is 29.0 Å². The molecule has 0 saturated heterocycles. The summed E-state index contributed by atoms with van der Waals surface area (Å²) in [5.41, 5.74) is 2.26. The summed E-state index contributed by atoms with van der Waals surface area (Å²) in [5.74, 6) is 0.902. The van der Waals surface area contributed by atoms with Crippen LogP contribution in [-0.2, 0) is 6.42 Å². The molecular formula is C20H17N3O5S. The molecule has 0 atom stereocenters. The quantitative estimate of drug-likeness (QED) is 0.503. The van der Waals surface area contributed by atoms with E-state index in [-0.39, 0.29) is 11.6 Å². The van der Waals surface area contributed by atoms with E-state index in [0.717, 1.165) is 16.1 Å². The van der Waals surface area contributed by atoms with E-state index in [4.69, 9.17) is 9.47 Å². The zero-order valence-corrected chi connectivity index (χ0v) is 16.3. The summed E-state index contributed by atoms with van der Waals surface area (Å²) in [6, 6.07) is 11.5. The minimum Gasteiger partial charge on any atom is -0.486 e. The van der Waals surface area contributed by atoms with Crippen molar-refractivity contribution < 1.29 is 19.2 Å². The van der Waals surface area contributed by atoms with E-state index >= 15 is 0 Å². The molecule has 148 valence electrons. The van der Waals surface area contributed by atoms with Crippen LogP contribution < -0.4 is 14.8 Å². The largest absolute Gasteiger partial charge is 0.486 e. The van der Waals surface area contributed by atoms with E-state index < -0.39 is 4.92 Å². The zero-order valence-electron chi connectivity index (χ0n) is 15.5. The average Bonchev–Trinajstić information content (AvgIpc) is 3.06. The van der Waals surface area contributed by atoms with Crippen LogP contribution in [-0.4, -0.2) is 29.0 Å². The number of hydrogen-bond donors (Lipinski definition) is 1. The smallest absolute Gasteiger partial charge is 0.269 e. The van der Waals surface area contributed by atoms with Gasteiger partial charge in [0.1, 0.15) is 13.2 Å². The van der Waals surface area contributed by atoms with E-state index in [1.165, 1.54) is 23.5 Å². The predicted octanol–water partition coefficient (Wildman–Crippen LogP) is 3.97. The SMILES string of the molecule is Cc1nc(NC(=O)c2ccc3c(c2)OCCO3)sc1Cc1ccc([N+](=O)[O-])cc1. The average molecular weight is 411 g/mol. The Kier molecular flexibility index (Phi) is 5.13. The maximum Gasteiger partial charge on any atom is 0.269 e. The summed E-state index contributed by atoms with van der Waals surface area (Å²) in [7, 11) is 0. The molecular weight excluding hydrogens is 394 g/mol. The lowest BCUT2D eigenvalue weighted by molar-refractivity contribution is -0.384. The molecule has 3 aromatic rings. The number of hydrogen-bond acceptors (Lipinski definition) is 7. The standard InChI is InChI=1S/C20H17N3O5S/c1-12-18(10-13-2-5-15(6-3-13)23(25)26)29-20(21-12)22-19(24)14-4-7-16-17(11-14)28-9-8-27-16/h2-7,11H,8-10H2,1H3,(H,21,22,24). The molecule has 9 heteroatoms. The molecule has 0 aliphatic carbocycles. The van der Waals surface area contributed by atoms with Crippen LogP contribution in [0.3, 0.4) is 0 Å². The Morgan fingerprint density at radius 2 is 1.90 bits per heavy atom. The van der Waals surface area contributed by atoms with Crippen LogP contribution in [0.5, 0.6) is 11.5 Å². The van der Waals surface area contributed by atoms with Crippen molar-refractivity contribution in [3.05, 3.63) is 74.3 Å². The number of anilines is 1. The molecule has 0 saturated carbocycles. The number of benzene rings is 2. The predicted molar refractivity (Wildman–Crippen MR) is 108 cm³/mol. The van der Waals surface area contributed by atoms with Crippen molar-refractivity contribution in [1.82, 2.24) is 4.98 Å². The first kappa shape index (κ1) is 18.9. The van der Waals surface area contributed by atoms with Crippen LogP contribution in [0.15, 0.2) is 42.5 Å². The first-order chi connectivity index (χ1) is 14.0. The maximum absolute atomic E-state index is 12.6. The molecule has 29 heavy (non-hydrogen) atoms. The molecule has 1 aliphatic rings. The van der Waals surface area contributed by atoms with Crippen molar-refractivity contribution in [2.24, 2.45) is 0 Å². The number of ether oxygens (including phenoxy) is 2. The fraction of sp³-hybridized carbons (Fsp3) is 0.200. The Labute approximate surface area is 170 Å². The second-order valence-electron chi connectivity index (χ2n) is 6.44. The highest BCUT2D eigenvalue weighted by Gasteiger charge is 2.17. The summed E-state index contributed by atoms with van der Waals surface area (Å²) in [6.45, 7) is 2.82. The van der Waals surface area contributed by atoms with Crippen LogP contribution in [0.1, 0.15) is 26.5 Å². The Balaban J connectivity index is 1.46. The van der Waals surface area contributed by atoms with Crippen LogP contribution in [0.2, 0.25) is 0 Å². The van der Waals surface area contributed by atoms with Crippen molar-refractivity contribution in [2.45, 2.75) is 13.3 Å². The number of carbonyl (C=O) groups is 1. The molecule has 1 N–H and O–H groups in total. The number of fused-ring (bicyclic) bond motifs is 1. The van der Waals surface area contributed by atoms with Crippen molar-refractivity contribution in [2.75, 3.05) is 18.5 Å². The van der Waals surface area contributed by atoms with Gasteiger partial charge in [-0.1, -0.05) is 12.1 Å². The lowest BCUT2D eigenvalue weighted by Gasteiger charge is -2.18. The number of thiazole rings is 1. The van der Waals surface area contributed by atoms with Crippen LogP contribution in [0.25, 0.3) is 0 Å². The van der Waals surface area contributed by atoms with Crippen LogP contribution in [0, 0.1) is 17.0 Å². The van der Waals surface area contributed by atoms with Gasteiger partial charge in [0.2, 0.25) is 0 Å². The Hall–Kier alpha value is -3.46. The number of amides is 1. The Bertz CT molecular complexity index is 1080. The van der Waals surface area contributed by atoms with Gasteiger partial charge in [-0.2, -0.15) is 0 Å². The number of nitrogens with one attached hydrogen (secondary N) is 1. The first-order valence-corrected chi connectivity index (χ1v) is 9.72. The number of aromatic nitrogens is 1. The van der Waals surface area contributed by atoms with E-state index in [1.54, 1.807) is 30.3 Å². The van der Waals surface area contributed by atoms with Gasteiger partial charge in [-0.3, -0.25) is 20.2 Å². The van der Waals surface area contributed by atoms with Gasteiger partial charge in [-0.15, -0.1) is 11.3 Å². The van der Waals surface area contributed by atoms with E-state index in [1.807, 2.05) is 6.92 Å². The van der Waals surface area contributed by atoms with Gasteiger partial charge in [0.25, 0.3) is 11.6 Å². The van der Waals surface area contributed by atoms with Crippen molar-refractivity contribution in [3.63, 3.8) is 0 Å². The van der Waals surface area contributed by atoms with Crippen molar-refractivity contribution in [1.29, 1.82) is 0 Å². The first-order valence-electron chi connectivity index (χ1n) is 8.90. The molecule has 1 amide bonds. The van der Waals surface area contributed by atoms with Crippen molar-refractivity contribution >= 4 is 28.1 Å². The summed E-state index contributed by atoms with van der Waals surface area (Å²) in [6.07, 6.45) is 0.585. The Morgan fingerprint density at radius 1 is 1.17 bits per heavy atom. The molecule has 0 bridgehead atoms. The minimum atomic E-state index is -0.423. The van der Waals surface area contributed by atoms with Crippen LogP contribution in [0.4, 0.5) is 10.8 Å². The third-order valence-corrected chi connectivity index (χ3v) is 5.50. The second kappa shape index (κ2) is 7.88. The van der Waals surface area contributed by atoms with Crippen molar-refractivity contribution in [3.8, 4) is 11.5 Å². The van der Waals surface area contributed by atoms with Gasteiger partial charge in [-0.05, 0) is 30.7 Å². The normalized spacial score (nSPS) is 12.4. The van der Waals surface area contributed by atoms with Gasteiger partial charge in [0.05, 0.1) is 10.6 Å². The number of rotatable bonds is 5. The number of carbonyl (C=O) groups excluding carboxylic acids is 1. The second-order valence-corrected chi connectivity index (χ2v) is 7.52. The molecule has 0 fully saturated rings. The molecule has 1 aliphatic heterocycles. The topological polar surface area (TPSA) is 104 Å². The molecule has 1 aromatic heterocycles. The van der Waals surface area contributed by atoms with Gasteiger partial charge in [-0.25, -0.2) is 4.98 Å².